The van der Waals surface area contributed by atoms with E-state index in [1.54, 1.807) is 31.0 Å². The van der Waals surface area contributed by atoms with Crippen molar-refractivity contribution in [2.75, 3.05) is 18.9 Å². The Balaban J connectivity index is 1.69. The summed E-state index contributed by atoms with van der Waals surface area (Å²) in [5.74, 6) is 0.429. The number of amides is 1. The smallest absolute Gasteiger partial charge is 0.309 e. The molecule has 0 radical (unpaired) electrons. The van der Waals surface area contributed by atoms with E-state index < -0.39 is 11.7 Å². The van der Waals surface area contributed by atoms with Crippen molar-refractivity contribution in [2.24, 2.45) is 0 Å². The molecule has 0 saturated carbocycles. The fourth-order valence-electron chi connectivity index (χ4n) is 3.18. The highest BCUT2D eigenvalue weighted by Crippen LogP contribution is 2.29. The quantitative estimate of drug-likeness (QED) is 0.643. The lowest BCUT2D eigenvalue weighted by atomic mass is 10.1. The first-order chi connectivity index (χ1) is 14.5. The molecule has 7 nitrogen and oxygen atoms in total. The average molecular weight is 432 g/mol. The van der Waals surface area contributed by atoms with E-state index in [9.17, 15) is 18.0 Å². The van der Waals surface area contributed by atoms with E-state index in [0.29, 0.717) is 23.0 Å². The summed E-state index contributed by atoms with van der Waals surface area (Å²) in [6, 6.07) is 8.60. The number of anilines is 1. The first kappa shape index (κ1) is 22.4. The van der Waals surface area contributed by atoms with Gasteiger partial charge in [-0.15, -0.1) is 0 Å². The summed E-state index contributed by atoms with van der Waals surface area (Å²) in [6.45, 7) is 5.64. The minimum atomic E-state index is -4.40. The monoisotopic (exact) mass is 432 g/mol. The van der Waals surface area contributed by atoms with Crippen LogP contribution >= 0.6 is 0 Å². The fourth-order valence-corrected chi connectivity index (χ4v) is 3.18. The van der Waals surface area contributed by atoms with Crippen molar-refractivity contribution in [3.05, 3.63) is 64.6 Å². The van der Waals surface area contributed by atoms with Crippen LogP contribution in [0.15, 0.2) is 36.4 Å². The lowest BCUT2D eigenvalue weighted by Gasteiger charge is -2.17. The molecule has 0 aliphatic carbocycles. The molecule has 0 fully saturated rings. The zero-order chi connectivity index (χ0) is 22.8. The van der Waals surface area contributed by atoms with Crippen LogP contribution in [0.25, 0.3) is 5.95 Å². The van der Waals surface area contributed by atoms with Crippen LogP contribution in [0.4, 0.5) is 19.0 Å². The second-order valence-corrected chi connectivity index (χ2v) is 7.45. The highest BCUT2D eigenvalue weighted by Gasteiger charge is 2.30. The fraction of sp³-hybridized carbons (Fsp3) is 0.333. The Labute approximate surface area is 177 Å². The molecule has 0 atom stereocenters. The third-order valence-corrected chi connectivity index (χ3v) is 4.38. The number of carbonyl (C=O) groups is 1. The number of hydrogen-bond acceptors (Lipinski definition) is 5. The van der Waals surface area contributed by atoms with Crippen molar-refractivity contribution >= 4 is 11.7 Å². The third kappa shape index (κ3) is 5.88. The number of hydrogen-bond donors (Lipinski definition) is 1. The second kappa shape index (κ2) is 8.84. The molecule has 1 amide bonds. The van der Waals surface area contributed by atoms with Crippen molar-refractivity contribution in [3.63, 3.8) is 0 Å². The number of nitrogens with zero attached hydrogens (tertiary/aromatic N) is 5. The molecule has 0 saturated heterocycles. The molecular weight excluding hydrogens is 409 g/mol. The zero-order valence-corrected chi connectivity index (χ0v) is 17.7. The zero-order valence-electron chi connectivity index (χ0n) is 17.7. The minimum Gasteiger partial charge on any atom is -0.309 e. The summed E-state index contributed by atoms with van der Waals surface area (Å²) >= 11 is 0. The molecule has 1 N–H and O–H groups in total. The first-order valence-corrected chi connectivity index (χ1v) is 9.55. The van der Waals surface area contributed by atoms with Gasteiger partial charge in [0.15, 0.2) is 0 Å². The van der Waals surface area contributed by atoms with Crippen LogP contribution in [0.1, 0.15) is 28.2 Å². The molecule has 2 aromatic heterocycles. The van der Waals surface area contributed by atoms with E-state index in [0.717, 1.165) is 23.5 Å². The Morgan fingerprint density at radius 3 is 2.39 bits per heavy atom. The molecule has 164 valence electrons. The molecule has 0 aliphatic heterocycles. The van der Waals surface area contributed by atoms with Gasteiger partial charge in [0.05, 0.1) is 17.8 Å². The number of benzene rings is 1. The van der Waals surface area contributed by atoms with Gasteiger partial charge in [-0.25, -0.2) is 9.97 Å². The minimum absolute atomic E-state index is 0.0197. The van der Waals surface area contributed by atoms with Gasteiger partial charge in [-0.3, -0.25) is 9.69 Å². The highest BCUT2D eigenvalue weighted by atomic mass is 19.4. The Morgan fingerprint density at radius 1 is 1.06 bits per heavy atom. The number of alkyl halides is 3. The van der Waals surface area contributed by atoms with Gasteiger partial charge in [0.25, 0.3) is 5.95 Å². The van der Waals surface area contributed by atoms with Gasteiger partial charge < -0.3 is 5.32 Å². The van der Waals surface area contributed by atoms with Crippen molar-refractivity contribution in [1.82, 2.24) is 24.6 Å². The number of rotatable bonds is 6. The predicted molar refractivity (Wildman–Crippen MR) is 110 cm³/mol. The summed E-state index contributed by atoms with van der Waals surface area (Å²) in [7, 11) is 1.66. The SMILES string of the molecule is Cc1cc(C)nc(-n2nc(C)cc2NC(=O)CN(C)Cc2cccc(C(F)(F)F)c2)n1. The van der Waals surface area contributed by atoms with Crippen LogP contribution in [0.2, 0.25) is 0 Å². The predicted octanol–water partition coefficient (Wildman–Crippen LogP) is 3.68. The normalized spacial score (nSPS) is 11.7. The molecular formula is C21H23F3N6O. The van der Waals surface area contributed by atoms with E-state index in [1.807, 2.05) is 19.9 Å². The topological polar surface area (TPSA) is 75.9 Å². The average Bonchev–Trinajstić information content (AvgIpc) is 3.00. The molecule has 3 aromatic rings. The summed E-state index contributed by atoms with van der Waals surface area (Å²) < 4.78 is 40.1. The van der Waals surface area contributed by atoms with Crippen LogP contribution in [0.3, 0.4) is 0 Å². The molecule has 0 bridgehead atoms. The van der Waals surface area contributed by atoms with Crippen LogP contribution < -0.4 is 5.32 Å². The first-order valence-electron chi connectivity index (χ1n) is 9.55. The van der Waals surface area contributed by atoms with E-state index in [-0.39, 0.29) is 19.0 Å². The Kier molecular flexibility index (Phi) is 6.40. The largest absolute Gasteiger partial charge is 0.416 e. The van der Waals surface area contributed by atoms with Gasteiger partial charge in [-0.1, -0.05) is 18.2 Å². The number of nitrogens with one attached hydrogen (secondary N) is 1. The van der Waals surface area contributed by atoms with Crippen molar-refractivity contribution in [2.45, 2.75) is 33.5 Å². The Morgan fingerprint density at radius 2 is 1.74 bits per heavy atom. The molecule has 31 heavy (non-hydrogen) atoms. The van der Waals surface area contributed by atoms with Crippen LogP contribution in [0, 0.1) is 20.8 Å². The van der Waals surface area contributed by atoms with Gasteiger partial charge in [0.1, 0.15) is 5.82 Å². The maximum atomic E-state index is 12.9. The lowest BCUT2D eigenvalue weighted by molar-refractivity contribution is -0.137. The van der Waals surface area contributed by atoms with E-state index >= 15 is 0 Å². The van der Waals surface area contributed by atoms with Gasteiger partial charge >= 0.3 is 6.18 Å². The highest BCUT2D eigenvalue weighted by molar-refractivity contribution is 5.91. The molecule has 2 heterocycles. The van der Waals surface area contributed by atoms with Crippen LogP contribution in [0.5, 0.6) is 0 Å². The summed E-state index contributed by atoms with van der Waals surface area (Å²) in [5.41, 5.74) is 1.98. The van der Waals surface area contributed by atoms with Crippen molar-refractivity contribution in [1.29, 1.82) is 0 Å². The molecule has 3 rings (SSSR count). The Bertz CT molecular complexity index is 1070. The van der Waals surface area contributed by atoms with Crippen LogP contribution in [-0.4, -0.2) is 44.1 Å². The van der Waals surface area contributed by atoms with Crippen molar-refractivity contribution < 1.29 is 18.0 Å². The van der Waals surface area contributed by atoms with E-state index in [2.05, 4.69) is 20.4 Å². The summed E-state index contributed by atoms with van der Waals surface area (Å²) in [4.78, 5) is 22.9. The van der Waals surface area contributed by atoms with Crippen LogP contribution in [-0.2, 0) is 17.5 Å². The standard InChI is InChI=1S/C21H23F3N6O/c1-13-8-14(2)26-20(25-13)30-18(9-15(3)28-30)27-19(31)12-29(4)11-16-6-5-7-17(10-16)21(22,23)24/h5-10H,11-12H2,1-4H3,(H,27,31). The van der Waals surface area contributed by atoms with Gasteiger partial charge in [0.2, 0.25) is 5.91 Å². The lowest BCUT2D eigenvalue weighted by Crippen LogP contribution is -2.30. The molecule has 0 aliphatic rings. The number of halogens is 3. The van der Waals surface area contributed by atoms with Gasteiger partial charge in [0, 0.05) is 24.0 Å². The summed E-state index contributed by atoms with van der Waals surface area (Å²) in [6.07, 6.45) is -4.40. The maximum Gasteiger partial charge on any atom is 0.416 e. The molecule has 10 heteroatoms. The van der Waals surface area contributed by atoms with Crippen molar-refractivity contribution in [3.8, 4) is 5.95 Å². The number of aryl methyl sites for hydroxylation is 3. The Hall–Kier alpha value is -3.27. The molecule has 0 unspecified atom stereocenters. The third-order valence-electron chi connectivity index (χ3n) is 4.38. The second-order valence-electron chi connectivity index (χ2n) is 7.45. The molecule has 0 spiro atoms. The number of carbonyl (C=O) groups excluding carboxylic acids is 1. The van der Waals surface area contributed by atoms with E-state index in [4.69, 9.17) is 0 Å². The van der Waals surface area contributed by atoms with Gasteiger partial charge in [-0.05, 0) is 45.5 Å². The maximum absolute atomic E-state index is 12.9. The summed E-state index contributed by atoms with van der Waals surface area (Å²) in [5, 5.41) is 7.13. The molecule has 1 aromatic carbocycles. The van der Waals surface area contributed by atoms with E-state index in [1.165, 1.54) is 10.7 Å². The van der Waals surface area contributed by atoms with Gasteiger partial charge in [-0.2, -0.15) is 23.0 Å². The number of aromatic nitrogens is 4. The number of likely N-dealkylation sites (N-methyl/N-ethyl adjacent to an activating group) is 1.